The van der Waals surface area contributed by atoms with E-state index in [-0.39, 0.29) is 0 Å². The third-order valence-corrected chi connectivity index (χ3v) is 2.98. The summed E-state index contributed by atoms with van der Waals surface area (Å²) < 4.78 is 0. The molecule has 0 aliphatic heterocycles. The van der Waals surface area contributed by atoms with E-state index in [0.29, 0.717) is 6.54 Å². The maximum absolute atomic E-state index is 6.64. The fourth-order valence-corrected chi connectivity index (χ4v) is 2.18. The molecule has 0 fully saturated rings. The van der Waals surface area contributed by atoms with Crippen LogP contribution in [0.2, 0.25) is 0 Å². The number of hydrogen-bond donors (Lipinski definition) is 1. The molecule has 0 saturated carbocycles. The molecular formula is C15H19N3. The van der Waals surface area contributed by atoms with Gasteiger partial charge in [-0.1, -0.05) is 36.4 Å². The highest BCUT2D eigenvalue weighted by Gasteiger charge is 2.31. The zero-order valence-electron chi connectivity index (χ0n) is 10.9. The molecule has 0 amide bonds. The molecule has 94 valence electrons. The van der Waals surface area contributed by atoms with E-state index in [2.05, 4.69) is 22.0 Å². The molecule has 18 heavy (non-hydrogen) atoms. The minimum absolute atomic E-state index is 0.577. The Kier molecular flexibility index (Phi) is 3.75. The molecule has 2 aromatic rings. The summed E-state index contributed by atoms with van der Waals surface area (Å²) in [4.78, 5) is 6.51. The highest BCUT2D eigenvalue weighted by molar-refractivity contribution is 5.34. The second kappa shape index (κ2) is 5.29. The predicted octanol–water partition coefficient (Wildman–Crippen LogP) is 1.85. The van der Waals surface area contributed by atoms with Gasteiger partial charge in [0.2, 0.25) is 0 Å². The van der Waals surface area contributed by atoms with Crippen molar-refractivity contribution in [1.82, 2.24) is 9.88 Å². The van der Waals surface area contributed by atoms with Gasteiger partial charge in [0.15, 0.2) is 0 Å². The minimum atomic E-state index is -0.577. The molecule has 1 aromatic carbocycles. The van der Waals surface area contributed by atoms with Crippen LogP contribution in [0.1, 0.15) is 11.3 Å². The van der Waals surface area contributed by atoms with Gasteiger partial charge in [-0.05, 0) is 31.8 Å². The Balaban J connectivity index is 2.48. The van der Waals surface area contributed by atoms with Crippen LogP contribution in [0.15, 0.2) is 54.7 Å². The van der Waals surface area contributed by atoms with E-state index in [9.17, 15) is 0 Å². The monoisotopic (exact) mass is 241 g/mol. The normalized spacial score (nSPS) is 14.4. The lowest BCUT2D eigenvalue weighted by molar-refractivity contribution is 0.317. The van der Waals surface area contributed by atoms with Gasteiger partial charge < -0.3 is 10.6 Å². The maximum atomic E-state index is 6.64. The molecule has 0 aliphatic rings. The van der Waals surface area contributed by atoms with Crippen molar-refractivity contribution in [2.75, 3.05) is 20.6 Å². The molecule has 0 saturated heterocycles. The summed E-state index contributed by atoms with van der Waals surface area (Å²) in [6, 6.07) is 16.0. The molecule has 1 heterocycles. The van der Waals surface area contributed by atoms with E-state index in [0.717, 1.165) is 11.3 Å². The van der Waals surface area contributed by atoms with E-state index in [1.165, 1.54) is 0 Å². The molecule has 0 bridgehead atoms. The first-order valence-corrected chi connectivity index (χ1v) is 6.03. The average molecular weight is 241 g/mol. The van der Waals surface area contributed by atoms with Crippen molar-refractivity contribution in [3.63, 3.8) is 0 Å². The lowest BCUT2D eigenvalue weighted by Crippen LogP contribution is -2.47. The Hall–Kier alpha value is -1.71. The van der Waals surface area contributed by atoms with Gasteiger partial charge in [-0.2, -0.15) is 0 Å². The van der Waals surface area contributed by atoms with E-state index in [1.54, 1.807) is 6.20 Å². The summed E-state index contributed by atoms with van der Waals surface area (Å²) in [5.74, 6) is 0. The van der Waals surface area contributed by atoms with Crippen molar-refractivity contribution in [3.8, 4) is 0 Å². The molecule has 3 heteroatoms. The number of benzene rings is 1. The summed E-state index contributed by atoms with van der Waals surface area (Å²) >= 11 is 0. The summed E-state index contributed by atoms with van der Waals surface area (Å²) in [6.07, 6.45) is 1.79. The van der Waals surface area contributed by atoms with Crippen LogP contribution in [0, 0.1) is 0 Å². The van der Waals surface area contributed by atoms with Crippen LogP contribution in [-0.2, 0) is 5.54 Å². The van der Waals surface area contributed by atoms with Crippen LogP contribution in [-0.4, -0.2) is 30.5 Å². The molecule has 2 N–H and O–H groups in total. The Morgan fingerprint density at radius 1 is 1.06 bits per heavy atom. The number of pyridine rings is 1. The standard InChI is InChI=1S/C15H19N3/c1-18(2)12-15(16,13-8-4-3-5-9-13)14-10-6-7-11-17-14/h3-11H,12,16H2,1-2H3. The maximum Gasteiger partial charge on any atom is 0.0967 e. The fourth-order valence-electron chi connectivity index (χ4n) is 2.18. The quantitative estimate of drug-likeness (QED) is 0.888. The number of hydrogen-bond acceptors (Lipinski definition) is 3. The molecular weight excluding hydrogens is 222 g/mol. The molecule has 3 nitrogen and oxygen atoms in total. The topological polar surface area (TPSA) is 42.1 Å². The fraction of sp³-hybridized carbons (Fsp3) is 0.267. The van der Waals surface area contributed by atoms with Crippen molar-refractivity contribution in [2.24, 2.45) is 5.73 Å². The number of likely N-dealkylation sites (N-methyl/N-ethyl adjacent to an activating group) is 1. The molecule has 0 radical (unpaired) electrons. The number of aromatic nitrogens is 1. The van der Waals surface area contributed by atoms with Crippen LogP contribution in [0.4, 0.5) is 0 Å². The molecule has 1 unspecified atom stereocenters. The average Bonchev–Trinajstić information content (AvgIpc) is 2.40. The molecule has 1 atom stereocenters. The SMILES string of the molecule is CN(C)CC(N)(c1ccccc1)c1ccccn1. The highest BCUT2D eigenvalue weighted by atomic mass is 15.1. The Morgan fingerprint density at radius 3 is 2.28 bits per heavy atom. The third-order valence-electron chi connectivity index (χ3n) is 2.98. The Morgan fingerprint density at radius 2 is 1.72 bits per heavy atom. The van der Waals surface area contributed by atoms with Gasteiger partial charge in [-0.25, -0.2) is 0 Å². The Bertz CT molecular complexity index is 440. The summed E-state index contributed by atoms with van der Waals surface area (Å²) in [6.45, 7) is 0.716. The van der Waals surface area contributed by atoms with Crippen molar-refractivity contribution in [3.05, 3.63) is 66.0 Å². The number of nitrogens with two attached hydrogens (primary N) is 1. The number of nitrogens with zero attached hydrogens (tertiary/aromatic N) is 2. The minimum Gasteiger partial charge on any atom is -0.315 e. The Labute approximate surface area is 108 Å². The smallest absolute Gasteiger partial charge is 0.0967 e. The van der Waals surface area contributed by atoms with Crippen molar-refractivity contribution < 1.29 is 0 Å². The van der Waals surface area contributed by atoms with E-state index < -0.39 is 5.54 Å². The van der Waals surface area contributed by atoms with Crippen LogP contribution in [0.5, 0.6) is 0 Å². The lowest BCUT2D eigenvalue weighted by atomic mass is 9.86. The highest BCUT2D eigenvalue weighted by Crippen LogP contribution is 2.25. The van der Waals surface area contributed by atoms with Gasteiger partial charge in [0.05, 0.1) is 11.2 Å². The van der Waals surface area contributed by atoms with Crippen molar-refractivity contribution >= 4 is 0 Å². The summed E-state index contributed by atoms with van der Waals surface area (Å²) in [5, 5.41) is 0. The summed E-state index contributed by atoms with van der Waals surface area (Å²) in [5.41, 5.74) is 8.03. The first-order valence-electron chi connectivity index (χ1n) is 6.03. The van der Waals surface area contributed by atoms with E-state index in [1.807, 2.05) is 50.5 Å². The zero-order valence-corrected chi connectivity index (χ0v) is 10.9. The first kappa shape index (κ1) is 12.7. The largest absolute Gasteiger partial charge is 0.315 e. The van der Waals surface area contributed by atoms with E-state index >= 15 is 0 Å². The van der Waals surface area contributed by atoms with Crippen LogP contribution in [0.25, 0.3) is 0 Å². The van der Waals surface area contributed by atoms with Gasteiger partial charge in [-0.3, -0.25) is 4.98 Å². The first-order chi connectivity index (χ1) is 8.63. The van der Waals surface area contributed by atoms with Crippen LogP contribution in [0.3, 0.4) is 0 Å². The summed E-state index contributed by atoms with van der Waals surface area (Å²) in [7, 11) is 4.04. The van der Waals surface area contributed by atoms with Crippen molar-refractivity contribution in [1.29, 1.82) is 0 Å². The second-order valence-corrected chi connectivity index (χ2v) is 4.79. The molecule has 1 aromatic heterocycles. The molecule has 0 aliphatic carbocycles. The van der Waals surface area contributed by atoms with Gasteiger partial charge in [-0.15, -0.1) is 0 Å². The van der Waals surface area contributed by atoms with Crippen LogP contribution < -0.4 is 5.73 Å². The third kappa shape index (κ3) is 2.58. The lowest BCUT2D eigenvalue weighted by Gasteiger charge is -2.32. The predicted molar refractivity (Wildman–Crippen MR) is 74.2 cm³/mol. The number of rotatable bonds is 4. The van der Waals surface area contributed by atoms with Crippen molar-refractivity contribution in [2.45, 2.75) is 5.54 Å². The molecule has 0 spiro atoms. The van der Waals surface area contributed by atoms with Gasteiger partial charge in [0.1, 0.15) is 0 Å². The van der Waals surface area contributed by atoms with Gasteiger partial charge in [0, 0.05) is 12.7 Å². The van der Waals surface area contributed by atoms with Gasteiger partial charge >= 0.3 is 0 Å². The van der Waals surface area contributed by atoms with Crippen LogP contribution >= 0.6 is 0 Å². The van der Waals surface area contributed by atoms with E-state index in [4.69, 9.17) is 5.73 Å². The van der Waals surface area contributed by atoms with Gasteiger partial charge in [0.25, 0.3) is 0 Å². The second-order valence-electron chi connectivity index (χ2n) is 4.79. The zero-order chi connectivity index (χ0) is 13.0. The molecule has 2 rings (SSSR count).